The quantitative estimate of drug-likeness (QED) is 0.922. The van der Waals surface area contributed by atoms with Crippen molar-refractivity contribution in [3.8, 4) is 0 Å². The van der Waals surface area contributed by atoms with Gasteiger partial charge in [0.05, 0.1) is 0 Å². The Morgan fingerprint density at radius 1 is 1.10 bits per heavy atom. The molecule has 0 spiro atoms. The number of aryl methyl sites for hydroxylation is 1. The summed E-state index contributed by atoms with van der Waals surface area (Å²) >= 11 is 0. The van der Waals surface area contributed by atoms with Gasteiger partial charge < -0.3 is 10.6 Å². The van der Waals surface area contributed by atoms with E-state index in [4.69, 9.17) is 5.73 Å². The van der Waals surface area contributed by atoms with Crippen LogP contribution in [-0.4, -0.2) is 17.0 Å². The van der Waals surface area contributed by atoms with Gasteiger partial charge in [0.1, 0.15) is 12.1 Å². The van der Waals surface area contributed by atoms with Crippen molar-refractivity contribution < 1.29 is 0 Å². The van der Waals surface area contributed by atoms with E-state index in [1.54, 1.807) is 6.33 Å². The number of fused-ring (bicyclic) bond motifs is 1. The van der Waals surface area contributed by atoms with Crippen LogP contribution in [-0.2, 0) is 25.9 Å². The second kappa shape index (κ2) is 5.59. The molecule has 1 heterocycles. The van der Waals surface area contributed by atoms with E-state index in [2.05, 4.69) is 46.2 Å². The minimum Gasteiger partial charge on any atom is -0.355 e. The molecule has 20 heavy (non-hydrogen) atoms. The van der Waals surface area contributed by atoms with Crippen molar-refractivity contribution in [1.29, 1.82) is 0 Å². The Kier molecular flexibility index (Phi) is 3.65. The van der Waals surface area contributed by atoms with Gasteiger partial charge in [0.15, 0.2) is 0 Å². The Morgan fingerprint density at radius 2 is 1.85 bits per heavy atom. The molecule has 0 atom stereocenters. The van der Waals surface area contributed by atoms with Gasteiger partial charge in [0.2, 0.25) is 0 Å². The highest BCUT2D eigenvalue weighted by Crippen LogP contribution is 2.27. The van der Waals surface area contributed by atoms with Crippen LogP contribution in [0.15, 0.2) is 30.6 Å². The monoisotopic (exact) mass is 268 g/mol. The summed E-state index contributed by atoms with van der Waals surface area (Å²) in [5.74, 6) is 1.08. The van der Waals surface area contributed by atoms with E-state index in [1.807, 2.05) is 0 Å². The van der Waals surface area contributed by atoms with Crippen molar-refractivity contribution in [2.45, 2.75) is 32.4 Å². The number of rotatable bonds is 4. The van der Waals surface area contributed by atoms with Crippen LogP contribution < -0.4 is 10.6 Å². The lowest BCUT2D eigenvalue weighted by atomic mass is 10.1. The first kappa shape index (κ1) is 13.1. The van der Waals surface area contributed by atoms with E-state index in [0.29, 0.717) is 6.54 Å². The molecule has 0 aliphatic heterocycles. The molecule has 0 bridgehead atoms. The van der Waals surface area contributed by atoms with Gasteiger partial charge in [-0.2, -0.15) is 0 Å². The van der Waals surface area contributed by atoms with Crippen molar-refractivity contribution in [3.63, 3.8) is 0 Å². The van der Waals surface area contributed by atoms with Crippen molar-refractivity contribution >= 4 is 5.82 Å². The normalized spacial score (nSPS) is 13.3. The van der Waals surface area contributed by atoms with E-state index >= 15 is 0 Å². The van der Waals surface area contributed by atoms with Crippen molar-refractivity contribution in [2.24, 2.45) is 5.73 Å². The molecule has 2 aromatic rings. The summed E-state index contributed by atoms with van der Waals surface area (Å²) in [6.45, 7) is 1.45. The fourth-order valence-electron chi connectivity index (χ4n) is 2.80. The number of anilines is 1. The van der Waals surface area contributed by atoms with Gasteiger partial charge in [-0.25, -0.2) is 9.97 Å². The molecule has 3 rings (SSSR count). The van der Waals surface area contributed by atoms with Crippen molar-refractivity contribution in [1.82, 2.24) is 9.97 Å². The van der Waals surface area contributed by atoms with Crippen LogP contribution in [0.5, 0.6) is 0 Å². The molecule has 104 valence electrons. The Morgan fingerprint density at radius 3 is 2.60 bits per heavy atom. The van der Waals surface area contributed by atoms with E-state index in [1.165, 1.54) is 28.8 Å². The van der Waals surface area contributed by atoms with Crippen LogP contribution in [0.3, 0.4) is 0 Å². The third-order valence-corrected chi connectivity index (χ3v) is 3.89. The fraction of sp³-hybridized carbons (Fsp3) is 0.375. The number of hydrogen-bond acceptors (Lipinski definition) is 4. The van der Waals surface area contributed by atoms with Gasteiger partial charge in [0.25, 0.3) is 0 Å². The number of nitrogens with two attached hydrogens (primary N) is 1. The summed E-state index contributed by atoms with van der Waals surface area (Å²) in [6, 6.07) is 8.46. The second-order valence-corrected chi connectivity index (χ2v) is 5.35. The van der Waals surface area contributed by atoms with E-state index in [0.717, 1.165) is 25.2 Å². The average molecular weight is 268 g/mol. The second-order valence-electron chi connectivity index (χ2n) is 5.35. The summed E-state index contributed by atoms with van der Waals surface area (Å²) < 4.78 is 0. The van der Waals surface area contributed by atoms with Gasteiger partial charge in [-0.3, -0.25) is 0 Å². The molecule has 2 N–H and O–H groups in total. The molecule has 4 heteroatoms. The third kappa shape index (κ3) is 2.51. The molecule has 0 saturated heterocycles. The molecule has 0 radical (unpaired) electrons. The summed E-state index contributed by atoms with van der Waals surface area (Å²) in [4.78, 5) is 11.1. The summed E-state index contributed by atoms with van der Waals surface area (Å²) in [5, 5.41) is 0. The van der Waals surface area contributed by atoms with Gasteiger partial charge in [-0.1, -0.05) is 24.3 Å². The van der Waals surface area contributed by atoms with Crippen LogP contribution in [0.2, 0.25) is 0 Å². The lowest BCUT2D eigenvalue weighted by Crippen LogP contribution is -2.19. The summed E-state index contributed by atoms with van der Waals surface area (Å²) in [5.41, 5.74) is 10.6. The highest BCUT2D eigenvalue weighted by molar-refractivity contribution is 5.50. The number of nitrogens with zero attached hydrogens (tertiary/aromatic N) is 3. The van der Waals surface area contributed by atoms with Crippen LogP contribution in [0, 0.1) is 0 Å². The van der Waals surface area contributed by atoms with Crippen molar-refractivity contribution in [3.05, 3.63) is 53.0 Å². The minimum absolute atomic E-state index is 0.593. The minimum atomic E-state index is 0.593. The standard InChI is InChI=1S/C16H20N4/c1-20(10-13-7-5-12(9-17)6-8-13)16-14-3-2-4-15(14)18-11-19-16/h5-8,11H,2-4,9-10,17H2,1H3. The maximum atomic E-state index is 5.63. The summed E-state index contributed by atoms with van der Waals surface area (Å²) in [7, 11) is 2.10. The van der Waals surface area contributed by atoms with Crippen LogP contribution >= 0.6 is 0 Å². The van der Waals surface area contributed by atoms with Crippen LogP contribution in [0.4, 0.5) is 5.82 Å². The Labute approximate surface area is 119 Å². The van der Waals surface area contributed by atoms with Gasteiger partial charge in [-0.05, 0) is 30.4 Å². The molecule has 1 aliphatic rings. The predicted octanol–water partition coefficient (Wildman–Crippen LogP) is 2.06. The van der Waals surface area contributed by atoms with Gasteiger partial charge in [-0.15, -0.1) is 0 Å². The maximum Gasteiger partial charge on any atom is 0.135 e. The Hall–Kier alpha value is -1.94. The highest BCUT2D eigenvalue weighted by Gasteiger charge is 2.19. The first-order valence-electron chi connectivity index (χ1n) is 7.09. The van der Waals surface area contributed by atoms with E-state index < -0.39 is 0 Å². The van der Waals surface area contributed by atoms with Crippen LogP contribution in [0.1, 0.15) is 28.8 Å². The number of benzene rings is 1. The molecule has 1 aromatic carbocycles. The SMILES string of the molecule is CN(Cc1ccc(CN)cc1)c1ncnc2c1CCC2. The maximum absolute atomic E-state index is 5.63. The van der Waals surface area contributed by atoms with Gasteiger partial charge in [0, 0.05) is 31.4 Å². The third-order valence-electron chi connectivity index (χ3n) is 3.89. The zero-order valence-corrected chi connectivity index (χ0v) is 11.8. The fourth-order valence-corrected chi connectivity index (χ4v) is 2.80. The number of hydrogen-bond donors (Lipinski definition) is 1. The largest absolute Gasteiger partial charge is 0.355 e. The first-order chi connectivity index (χ1) is 9.78. The smallest absolute Gasteiger partial charge is 0.135 e. The number of aromatic nitrogens is 2. The lowest BCUT2D eigenvalue weighted by molar-refractivity contribution is 0.869. The first-order valence-corrected chi connectivity index (χ1v) is 7.09. The molecule has 0 amide bonds. The zero-order chi connectivity index (χ0) is 13.9. The van der Waals surface area contributed by atoms with Crippen LogP contribution in [0.25, 0.3) is 0 Å². The highest BCUT2D eigenvalue weighted by atomic mass is 15.2. The molecular weight excluding hydrogens is 248 g/mol. The Balaban J connectivity index is 1.79. The molecule has 0 saturated carbocycles. The van der Waals surface area contributed by atoms with Crippen molar-refractivity contribution in [2.75, 3.05) is 11.9 Å². The Bertz CT molecular complexity index is 592. The topological polar surface area (TPSA) is 55.0 Å². The average Bonchev–Trinajstić information content (AvgIpc) is 2.96. The summed E-state index contributed by atoms with van der Waals surface area (Å²) in [6.07, 6.45) is 5.07. The molecular formula is C16H20N4. The molecule has 0 fully saturated rings. The zero-order valence-electron chi connectivity index (χ0n) is 11.8. The van der Waals surface area contributed by atoms with E-state index in [9.17, 15) is 0 Å². The molecule has 1 aliphatic carbocycles. The molecule has 1 aromatic heterocycles. The predicted molar refractivity (Wildman–Crippen MR) is 80.5 cm³/mol. The van der Waals surface area contributed by atoms with E-state index in [-0.39, 0.29) is 0 Å². The molecule has 0 unspecified atom stereocenters. The van der Waals surface area contributed by atoms with Gasteiger partial charge >= 0.3 is 0 Å². The molecule has 4 nitrogen and oxygen atoms in total. The lowest BCUT2D eigenvalue weighted by Gasteiger charge is -2.20.